The minimum Gasteiger partial charge on any atom is -0.385 e. The summed E-state index contributed by atoms with van der Waals surface area (Å²) in [4.78, 5) is 2.36. The summed E-state index contributed by atoms with van der Waals surface area (Å²) in [5.74, 6) is 0.232. The second-order valence-electron chi connectivity index (χ2n) is 4.77. The predicted octanol–water partition coefficient (Wildman–Crippen LogP) is 2.43. The summed E-state index contributed by atoms with van der Waals surface area (Å²) in [7, 11) is 3.89. The second-order valence-corrected chi connectivity index (χ2v) is 4.77. The summed E-state index contributed by atoms with van der Waals surface area (Å²) < 4.78 is 5.07. The lowest BCUT2D eigenvalue weighted by Gasteiger charge is -2.30. The molecule has 0 saturated heterocycles. The molecule has 0 radical (unpaired) electrons. The van der Waals surface area contributed by atoms with Gasteiger partial charge >= 0.3 is 0 Å². The van der Waals surface area contributed by atoms with Crippen LogP contribution >= 0.6 is 0 Å². The van der Waals surface area contributed by atoms with Crippen molar-refractivity contribution in [2.45, 2.75) is 44.6 Å². The Balaban J connectivity index is 2.43. The smallest absolute Gasteiger partial charge is 0.0672 e. The fraction of sp³-hybridized carbons (Fsp3) is 0.923. The molecule has 2 atom stereocenters. The van der Waals surface area contributed by atoms with Crippen LogP contribution in [0.25, 0.3) is 0 Å². The molecule has 1 aliphatic rings. The van der Waals surface area contributed by atoms with Crippen molar-refractivity contribution in [2.75, 3.05) is 27.3 Å². The summed E-state index contributed by atoms with van der Waals surface area (Å²) in [6.45, 7) is 1.85. The van der Waals surface area contributed by atoms with E-state index in [0.29, 0.717) is 6.04 Å². The lowest BCUT2D eigenvalue weighted by molar-refractivity contribution is 0.148. The molecule has 3 heteroatoms. The highest BCUT2D eigenvalue weighted by Gasteiger charge is 2.26. The number of nitriles is 1. The third-order valence-corrected chi connectivity index (χ3v) is 3.57. The van der Waals surface area contributed by atoms with E-state index >= 15 is 0 Å². The molecular formula is C13H24N2O. The van der Waals surface area contributed by atoms with Crippen LogP contribution in [-0.4, -0.2) is 38.3 Å². The molecule has 0 aromatic heterocycles. The van der Waals surface area contributed by atoms with Crippen LogP contribution in [0.5, 0.6) is 0 Å². The van der Waals surface area contributed by atoms with Gasteiger partial charge in [-0.3, -0.25) is 0 Å². The predicted molar refractivity (Wildman–Crippen MR) is 65.1 cm³/mol. The van der Waals surface area contributed by atoms with Gasteiger partial charge in [-0.1, -0.05) is 19.3 Å². The molecule has 0 aromatic carbocycles. The van der Waals surface area contributed by atoms with Gasteiger partial charge in [-0.25, -0.2) is 0 Å². The summed E-state index contributed by atoms with van der Waals surface area (Å²) in [5, 5.41) is 9.21. The zero-order valence-corrected chi connectivity index (χ0v) is 10.6. The lowest BCUT2D eigenvalue weighted by atomic mass is 9.95. The van der Waals surface area contributed by atoms with E-state index in [1.807, 2.05) is 0 Å². The number of nitrogens with zero attached hydrogens (tertiary/aromatic N) is 2. The van der Waals surface area contributed by atoms with Crippen LogP contribution in [-0.2, 0) is 4.74 Å². The van der Waals surface area contributed by atoms with Crippen molar-refractivity contribution in [3.63, 3.8) is 0 Å². The maximum atomic E-state index is 9.21. The Labute approximate surface area is 99.4 Å². The molecule has 0 amide bonds. The first kappa shape index (κ1) is 13.5. The van der Waals surface area contributed by atoms with Crippen molar-refractivity contribution in [1.82, 2.24) is 4.90 Å². The molecule has 0 spiro atoms. The van der Waals surface area contributed by atoms with Gasteiger partial charge in [0.25, 0.3) is 0 Å². The Hall–Kier alpha value is -0.590. The molecule has 2 unspecified atom stereocenters. The fourth-order valence-electron chi connectivity index (χ4n) is 2.59. The number of ether oxygens (including phenoxy) is 1. The standard InChI is InChI=1S/C13H24N2O/c1-15(9-6-10-16-2)13-8-5-3-4-7-12(13)11-14/h12-13H,3-10H2,1-2H3. The molecule has 0 heterocycles. The molecule has 16 heavy (non-hydrogen) atoms. The molecule has 0 aliphatic heterocycles. The molecule has 0 aromatic rings. The molecule has 1 aliphatic carbocycles. The minimum atomic E-state index is 0.232. The highest BCUT2D eigenvalue weighted by atomic mass is 16.5. The van der Waals surface area contributed by atoms with E-state index in [0.717, 1.165) is 26.0 Å². The van der Waals surface area contributed by atoms with Gasteiger partial charge in [-0.05, 0) is 26.3 Å². The van der Waals surface area contributed by atoms with Gasteiger partial charge < -0.3 is 9.64 Å². The van der Waals surface area contributed by atoms with Crippen LogP contribution in [0, 0.1) is 17.2 Å². The monoisotopic (exact) mass is 224 g/mol. The summed E-state index contributed by atoms with van der Waals surface area (Å²) in [6, 6.07) is 2.95. The summed E-state index contributed by atoms with van der Waals surface area (Å²) in [5.41, 5.74) is 0. The Morgan fingerprint density at radius 3 is 2.75 bits per heavy atom. The Bertz CT molecular complexity index is 224. The second kappa shape index (κ2) is 7.65. The van der Waals surface area contributed by atoms with Crippen molar-refractivity contribution in [3.05, 3.63) is 0 Å². The van der Waals surface area contributed by atoms with Crippen LogP contribution in [0.15, 0.2) is 0 Å². The van der Waals surface area contributed by atoms with Crippen LogP contribution in [0.4, 0.5) is 0 Å². The van der Waals surface area contributed by atoms with E-state index in [9.17, 15) is 5.26 Å². The molecule has 92 valence electrons. The van der Waals surface area contributed by atoms with Crippen molar-refractivity contribution in [3.8, 4) is 6.07 Å². The Morgan fingerprint density at radius 2 is 2.06 bits per heavy atom. The first-order chi connectivity index (χ1) is 7.79. The number of hydrogen-bond donors (Lipinski definition) is 0. The zero-order chi connectivity index (χ0) is 11.8. The van der Waals surface area contributed by atoms with Gasteiger partial charge in [0.1, 0.15) is 0 Å². The highest BCUT2D eigenvalue weighted by Crippen LogP contribution is 2.26. The van der Waals surface area contributed by atoms with Crippen molar-refractivity contribution in [2.24, 2.45) is 5.92 Å². The average Bonchev–Trinajstić information content (AvgIpc) is 2.54. The summed E-state index contributed by atoms with van der Waals surface area (Å²) >= 11 is 0. The first-order valence-electron chi connectivity index (χ1n) is 6.38. The minimum absolute atomic E-state index is 0.232. The van der Waals surface area contributed by atoms with Gasteiger partial charge in [0.2, 0.25) is 0 Å². The van der Waals surface area contributed by atoms with E-state index in [2.05, 4.69) is 18.0 Å². The lowest BCUT2D eigenvalue weighted by Crippen LogP contribution is -2.37. The normalized spacial score (nSPS) is 26.4. The summed E-state index contributed by atoms with van der Waals surface area (Å²) in [6.07, 6.45) is 7.11. The number of methoxy groups -OCH3 is 1. The zero-order valence-electron chi connectivity index (χ0n) is 10.6. The van der Waals surface area contributed by atoms with Gasteiger partial charge in [0.05, 0.1) is 12.0 Å². The molecule has 1 fully saturated rings. The Kier molecular flexibility index (Phi) is 6.44. The van der Waals surface area contributed by atoms with Crippen LogP contribution in [0.1, 0.15) is 38.5 Å². The molecule has 1 saturated carbocycles. The van der Waals surface area contributed by atoms with Crippen molar-refractivity contribution >= 4 is 0 Å². The number of hydrogen-bond acceptors (Lipinski definition) is 3. The molecule has 1 rings (SSSR count). The van der Waals surface area contributed by atoms with Crippen molar-refractivity contribution in [1.29, 1.82) is 5.26 Å². The topological polar surface area (TPSA) is 36.3 Å². The van der Waals surface area contributed by atoms with Crippen LogP contribution < -0.4 is 0 Å². The molecule has 0 bridgehead atoms. The highest BCUT2D eigenvalue weighted by molar-refractivity contribution is 4.93. The number of rotatable bonds is 5. The van der Waals surface area contributed by atoms with E-state index in [4.69, 9.17) is 4.74 Å². The van der Waals surface area contributed by atoms with Crippen molar-refractivity contribution < 1.29 is 4.74 Å². The Morgan fingerprint density at radius 1 is 1.31 bits per heavy atom. The maximum Gasteiger partial charge on any atom is 0.0672 e. The largest absolute Gasteiger partial charge is 0.385 e. The van der Waals surface area contributed by atoms with Gasteiger partial charge in [-0.15, -0.1) is 0 Å². The third kappa shape index (κ3) is 4.11. The fourth-order valence-corrected chi connectivity index (χ4v) is 2.59. The van der Waals surface area contributed by atoms with E-state index in [-0.39, 0.29) is 5.92 Å². The maximum absolute atomic E-state index is 9.21. The molecule has 3 nitrogen and oxygen atoms in total. The van der Waals surface area contributed by atoms with Crippen LogP contribution in [0.2, 0.25) is 0 Å². The van der Waals surface area contributed by atoms with Gasteiger partial charge in [-0.2, -0.15) is 5.26 Å². The van der Waals surface area contributed by atoms with E-state index in [1.54, 1.807) is 7.11 Å². The average molecular weight is 224 g/mol. The van der Waals surface area contributed by atoms with Gasteiger partial charge in [0, 0.05) is 26.3 Å². The van der Waals surface area contributed by atoms with E-state index < -0.39 is 0 Å². The third-order valence-electron chi connectivity index (χ3n) is 3.57. The first-order valence-corrected chi connectivity index (χ1v) is 6.38. The molecule has 0 N–H and O–H groups in total. The molecular weight excluding hydrogens is 200 g/mol. The SMILES string of the molecule is COCCCN(C)C1CCCCCC1C#N. The van der Waals surface area contributed by atoms with Crippen LogP contribution in [0.3, 0.4) is 0 Å². The van der Waals surface area contributed by atoms with Gasteiger partial charge in [0.15, 0.2) is 0 Å². The van der Waals surface area contributed by atoms with E-state index in [1.165, 1.54) is 25.7 Å². The quantitative estimate of drug-likeness (QED) is 0.531.